The summed E-state index contributed by atoms with van der Waals surface area (Å²) in [6.45, 7) is 6.61. The summed E-state index contributed by atoms with van der Waals surface area (Å²) >= 11 is 1.88. The van der Waals surface area contributed by atoms with Gasteiger partial charge < -0.3 is 5.11 Å². The monoisotopic (exact) mass is 244 g/mol. The summed E-state index contributed by atoms with van der Waals surface area (Å²) in [6.07, 6.45) is 4.28. The van der Waals surface area contributed by atoms with Gasteiger partial charge in [0.2, 0.25) is 0 Å². The van der Waals surface area contributed by atoms with Crippen molar-refractivity contribution in [3.05, 3.63) is 0 Å². The Morgan fingerprint density at radius 2 is 2.12 bits per heavy atom. The van der Waals surface area contributed by atoms with Crippen molar-refractivity contribution in [2.45, 2.75) is 51.7 Å². The van der Waals surface area contributed by atoms with Crippen molar-refractivity contribution in [2.75, 3.05) is 5.75 Å². The van der Waals surface area contributed by atoms with Crippen LogP contribution in [0.4, 0.5) is 0 Å². The van der Waals surface area contributed by atoms with Crippen LogP contribution in [0.1, 0.15) is 46.5 Å². The van der Waals surface area contributed by atoms with Crippen molar-refractivity contribution in [3.8, 4) is 0 Å². The maximum Gasteiger partial charge on any atom is 0.307 e. The van der Waals surface area contributed by atoms with Gasteiger partial charge in [-0.2, -0.15) is 11.8 Å². The molecule has 0 bridgehead atoms. The van der Waals surface area contributed by atoms with E-state index in [0.29, 0.717) is 11.2 Å². The van der Waals surface area contributed by atoms with Crippen LogP contribution in [-0.2, 0) is 4.79 Å². The molecule has 1 fully saturated rings. The molecule has 1 rings (SSSR count). The summed E-state index contributed by atoms with van der Waals surface area (Å²) in [5.41, 5.74) is 0. The Bertz CT molecular complexity index is 228. The summed E-state index contributed by atoms with van der Waals surface area (Å²) in [7, 11) is 0. The number of hydrogen-bond acceptors (Lipinski definition) is 2. The molecule has 3 unspecified atom stereocenters. The van der Waals surface area contributed by atoms with Crippen molar-refractivity contribution in [3.63, 3.8) is 0 Å². The number of carboxylic acid groups (broad SMARTS) is 1. The summed E-state index contributed by atoms with van der Waals surface area (Å²) in [5.74, 6) is 1.80. The molecule has 16 heavy (non-hydrogen) atoms. The lowest BCUT2D eigenvalue weighted by molar-refractivity contribution is -0.142. The second-order valence-corrected chi connectivity index (χ2v) is 6.57. The Morgan fingerprint density at radius 1 is 1.44 bits per heavy atom. The molecule has 0 spiro atoms. The Kier molecular flexibility index (Phi) is 5.67. The third-order valence-electron chi connectivity index (χ3n) is 3.44. The standard InChI is InChI=1S/C13H24O2S/c1-4-10-5-6-11(13(14)15)12(7-10)16-8-9(2)3/h9-12H,4-8H2,1-3H3,(H,14,15). The van der Waals surface area contributed by atoms with Gasteiger partial charge in [0.25, 0.3) is 0 Å². The Balaban J connectivity index is 2.53. The van der Waals surface area contributed by atoms with Crippen LogP contribution in [0.15, 0.2) is 0 Å². The minimum Gasteiger partial charge on any atom is -0.481 e. The molecule has 0 aromatic carbocycles. The van der Waals surface area contributed by atoms with Crippen LogP contribution in [0, 0.1) is 17.8 Å². The third kappa shape index (κ3) is 4.00. The molecule has 1 aliphatic carbocycles. The van der Waals surface area contributed by atoms with E-state index in [1.807, 2.05) is 11.8 Å². The van der Waals surface area contributed by atoms with Crippen LogP contribution in [-0.4, -0.2) is 22.1 Å². The van der Waals surface area contributed by atoms with Gasteiger partial charge in [0.05, 0.1) is 5.92 Å². The first kappa shape index (κ1) is 13.9. The van der Waals surface area contributed by atoms with E-state index >= 15 is 0 Å². The molecule has 1 N–H and O–H groups in total. The third-order valence-corrected chi connectivity index (χ3v) is 5.25. The minimum absolute atomic E-state index is 0.105. The fourth-order valence-corrected chi connectivity index (χ4v) is 3.89. The normalized spacial score (nSPS) is 30.6. The van der Waals surface area contributed by atoms with Crippen molar-refractivity contribution in [1.82, 2.24) is 0 Å². The predicted molar refractivity (Wildman–Crippen MR) is 69.8 cm³/mol. The lowest BCUT2D eigenvalue weighted by Gasteiger charge is -2.33. The summed E-state index contributed by atoms with van der Waals surface area (Å²) < 4.78 is 0. The highest BCUT2D eigenvalue weighted by molar-refractivity contribution is 7.99. The number of hydrogen-bond donors (Lipinski definition) is 1. The van der Waals surface area contributed by atoms with Gasteiger partial charge in [-0.3, -0.25) is 4.79 Å². The average molecular weight is 244 g/mol. The Labute approximate surface area is 103 Å². The zero-order chi connectivity index (χ0) is 12.1. The SMILES string of the molecule is CCC1CCC(C(=O)O)C(SCC(C)C)C1. The van der Waals surface area contributed by atoms with Gasteiger partial charge in [0.1, 0.15) is 0 Å². The van der Waals surface area contributed by atoms with E-state index in [1.165, 1.54) is 6.42 Å². The quantitative estimate of drug-likeness (QED) is 0.802. The van der Waals surface area contributed by atoms with Gasteiger partial charge in [-0.15, -0.1) is 0 Å². The van der Waals surface area contributed by atoms with Crippen molar-refractivity contribution in [2.24, 2.45) is 17.8 Å². The number of thioether (sulfide) groups is 1. The molecular weight excluding hydrogens is 220 g/mol. The fourth-order valence-electron chi connectivity index (χ4n) is 2.37. The molecule has 3 heteroatoms. The zero-order valence-corrected chi connectivity index (χ0v) is 11.4. The van der Waals surface area contributed by atoms with E-state index in [0.717, 1.165) is 30.9 Å². The second kappa shape index (κ2) is 6.53. The number of rotatable bonds is 5. The second-order valence-electron chi connectivity index (χ2n) is 5.30. The zero-order valence-electron chi connectivity index (χ0n) is 10.6. The molecule has 0 saturated heterocycles. The van der Waals surface area contributed by atoms with Crippen molar-refractivity contribution >= 4 is 17.7 Å². The van der Waals surface area contributed by atoms with Gasteiger partial charge in [-0.05, 0) is 36.9 Å². The molecule has 0 aliphatic heterocycles. The maximum atomic E-state index is 11.2. The van der Waals surface area contributed by atoms with Gasteiger partial charge in [0.15, 0.2) is 0 Å². The van der Waals surface area contributed by atoms with Crippen molar-refractivity contribution in [1.29, 1.82) is 0 Å². The predicted octanol–water partition coefficient (Wildman–Crippen LogP) is 3.66. The van der Waals surface area contributed by atoms with Crippen molar-refractivity contribution < 1.29 is 9.90 Å². The molecule has 0 aromatic rings. The van der Waals surface area contributed by atoms with E-state index in [2.05, 4.69) is 20.8 Å². The smallest absolute Gasteiger partial charge is 0.307 e. The van der Waals surface area contributed by atoms with Crippen LogP contribution >= 0.6 is 11.8 Å². The molecular formula is C13H24O2S. The van der Waals surface area contributed by atoms with Crippen LogP contribution in [0.25, 0.3) is 0 Å². The average Bonchev–Trinajstić information content (AvgIpc) is 2.25. The minimum atomic E-state index is -0.587. The summed E-state index contributed by atoms with van der Waals surface area (Å²) in [5, 5.41) is 9.57. The summed E-state index contributed by atoms with van der Waals surface area (Å²) in [4.78, 5) is 11.2. The summed E-state index contributed by atoms with van der Waals surface area (Å²) in [6, 6.07) is 0. The molecule has 1 saturated carbocycles. The van der Waals surface area contributed by atoms with E-state index in [4.69, 9.17) is 0 Å². The number of aliphatic carboxylic acids is 1. The first-order valence-electron chi connectivity index (χ1n) is 6.39. The highest BCUT2D eigenvalue weighted by Crippen LogP contribution is 2.38. The van der Waals surface area contributed by atoms with E-state index < -0.39 is 5.97 Å². The Morgan fingerprint density at radius 3 is 2.62 bits per heavy atom. The van der Waals surface area contributed by atoms with Crippen LogP contribution in [0.2, 0.25) is 0 Å². The fraction of sp³-hybridized carbons (Fsp3) is 0.923. The number of carbonyl (C=O) groups is 1. The first-order chi connectivity index (χ1) is 7.54. The molecule has 0 amide bonds. The number of carboxylic acids is 1. The van der Waals surface area contributed by atoms with Gasteiger partial charge in [0, 0.05) is 5.25 Å². The van der Waals surface area contributed by atoms with Crippen LogP contribution in [0.5, 0.6) is 0 Å². The molecule has 0 heterocycles. The Hall–Kier alpha value is -0.180. The van der Waals surface area contributed by atoms with E-state index in [-0.39, 0.29) is 5.92 Å². The highest BCUT2D eigenvalue weighted by Gasteiger charge is 2.34. The van der Waals surface area contributed by atoms with Gasteiger partial charge in [-0.1, -0.05) is 27.2 Å². The molecule has 0 radical (unpaired) electrons. The lowest BCUT2D eigenvalue weighted by Crippen LogP contribution is -2.33. The van der Waals surface area contributed by atoms with Crippen LogP contribution in [0.3, 0.4) is 0 Å². The van der Waals surface area contributed by atoms with E-state index in [1.54, 1.807) is 0 Å². The van der Waals surface area contributed by atoms with Gasteiger partial charge >= 0.3 is 5.97 Å². The lowest BCUT2D eigenvalue weighted by atomic mass is 9.80. The largest absolute Gasteiger partial charge is 0.481 e. The molecule has 3 atom stereocenters. The first-order valence-corrected chi connectivity index (χ1v) is 7.43. The molecule has 2 nitrogen and oxygen atoms in total. The highest BCUT2D eigenvalue weighted by atomic mass is 32.2. The molecule has 94 valence electrons. The molecule has 0 aromatic heterocycles. The van der Waals surface area contributed by atoms with E-state index in [9.17, 15) is 9.90 Å². The maximum absolute atomic E-state index is 11.2. The molecule has 1 aliphatic rings. The topological polar surface area (TPSA) is 37.3 Å². The van der Waals surface area contributed by atoms with Gasteiger partial charge in [-0.25, -0.2) is 0 Å². The van der Waals surface area contributed by atoms with Crippen LogP contribution < -0.4 is 0 Å².